The maximum absolute atomic E-state index is 6.19. The molecule has 2 unspecified atom stereocenters. The van der Waals surface area contributed by atoms with Crippen LogP contribution in [0, 0.1) is 5.92 Å². The second kappa shape index (κ2) is 6.30. The molecule has 4 nitrogen and oxygen atoms in total. The van der Waals surface area contributed by atoms with Crippen LogP contribution in [-0.4, -0.2) is 26.6 Å². The van der Waals surface area contributed by atoms with E-state index in [0.717, 1.165) is 17.7 Å². The number of hydrogen-bond acceptors (Lipinski definition) is 4. The molecule has 0 saturated carbocycles. The Bertz CT molecular complexity index is 498. The molecular weight excluding hydrogens is 282 g/mol. The first kappa shape index (κ1) is 16.2. The van der Waals surface area contributed by atoms with Crippen LogP contribution < -0.4 is 0 Å². The predicted octanol–water partition coefficient (Wildman–Crippen LogP) is 3.99. The van der Waals surface area contributed by atoms with Gasteiger partial charge in [0.25, 0.3) is 0 Å². The molecule has 2 rings (SSSR count). The molecule has 0 fully saturated rings. The fourth-order valence-electron chi connectivity index (χ4n) is 2.41. The Morgan fingerprint density at radius 1 is 1.29 bits per heavy atom. The van der Waals surface area contributed by atoms with Gasteiger partial charge in [-0.25, -0.2) is 0 Å². The van der Waals surface area contributed by atoms with Crippen molar-refractivity contribution in [2.45, 2.75) is 45.9 Å². The molecule has 2 atom stereocenters. The molecule has 0 radical (unpaired) electrons. The largest absolute Gasteiger partial charge is 0.358 e. The van der Waals surface area contributed by atoms with Crippen molar-refractivity contribution in [3.05, 3.63) is 35.9 Å². The van der Waals surface area contributed by atoms with Crippen LogP contribution in [0.2, 0.25) is 19.6 Å². The van der Waals surface area contributed by atoms with E-state index >= 15 is 0 Å². The highest BCUT2D eigenvalue weighted by Gasteiger charge is 2.48. The van der Waals surface area contributed by atoms with E-state index in [-0.39, 0.29) is 5.92 Å². The molecule has 116 valence electrons. The zero-order chi connectivity index (χ0) is 15.5. The third-order valence-electron chi connectivity index (χ3n) is 3.29. The Labute approximate surface area is 128 Å². The number of nitrogens with zero attached hydrogens (tertiary/aromatic N) is 1. The van der Waals surface area contributed by atoms with Gasteiger partial charge < -0.3 is 14.0 Å². The number of benzene rings is 1. The van der Waals surface area contributed by atoms with Gasteiger partial charge in [-0.1, -0.05) is 42.4 Å². The van der Waals surface area contributed by atoms with Gasteiger partial charge in [0, 0.05) is 6.42 Å². The number of oxime groups is 1. The summed E-state index contributed by atoms with van der Waals surface area (Å²) in [5.74, 6) is -0.964. The lowest BCUT2D eigenvalue weighted by molar-refractivity contribution is -0.375. The summed E-state index contributed by atoms with van der Waals surface area (Å²) in [6.07, 6.45) is 0.772. The van der Waals surface area contributed by atoms with Crippen molar-refractivity contribution in [1.29, 1.82) is 0 Å². The summed E-state index contributed by atoms with van der Waals surface area (Å²) in [7, 11) is -1.82. The molecule has 1 aromatic rings. The molecule has 1 aromatic carbocycles. The van der Waals surface area contributed by atoms with E-state index in [1.165, 1.54) is 0 Å². The maximum Gasteiger partial charge on any atom is 0.344 e. The molecular formula is C16H25NO3Si. The van der Waals surface area contributed by atoms with E-state index in [1.54, 1.807) is 0 Å². The van der Waals surface area contributed by atoms with Gasteiger partial charge >= 0.3 is 5.97 Å². The smallest absolute Gasteiger partial charge is 0.344 e. The third kappa shape index (κ3) is 3.93. The Hall–Kier alpha value is -1.17. The van der Waals surface area contributed by atoms with Gasteiger partial charge in [-0.15, -0.1) is 0 Å². The van der Waals surface area contributed by atoms with E-state index in [9.17, 15) is 0 Å². The molecule has 21 heavy (non-hydrogen) atoms. The average molecular weight is 307 g/mol. The molecule has 0 N–H and O–H groups in total. The Morgan fingerprint density at radius 3 is 2.48 bits per heavy atom. The standard InChI is InChI=1S/C16H25NO3Si/c1-6-18-16(20-21(3,4)5)13(2)12-15(17-19-16)14-10-8-7-9-11-14/h7-11,13H,6,12H2,1-5H3. The summed E-state index contributed by atoms with van der Waals surface area (Å²) in [6, 6.07) is 10.1. The molecule has 0 aromatic heterocycles. The van der Waals surface area contributed by atoms with Crippen molar-refractivity contribution in [2.75, 3.05) is 6.61 Å². The van der Waals surface area contributed by atoms with Crippen molar-refractivity contribution in [2.24, 2.45) is 11.1 Å². The van der Waals surface area contributed by atoms with Crippen molar-refractivity contribution in [3.8, 4) is 0 Å². The van der Waals surface area contributed by atoms with Gasteiger partial charge in [0.05, 0.1) is 18.2 Å². The normalized spacial score (nSPS) is 26.1. The van der Waals surface area contributed by atoms with E-state index in [1.807, 2.05) is 37.3 Å². The van der Waals surface area contributed by atoms with Crippen LogP contribution >= 0.6 is 0 Å². The lowest BCUT2D eigenvalue weighted by Gasteiger charge is -2.42. The molecule has 0 aliphatic carbocycles. The third-order valence-corrected chi connectivity index (χ3v) is 4.18. The molecule has 0 amide bonds. The van der Waals surface area contributed by atoms with Gasteiger partial charge in [0.2, 0.25) is 0 Å². The van der Waals surface area contributed by atoms with E-state index in [0.29, 0.717) is 6.61 Å². The summed E-state index contributed by atoms with van der Waals surface area (Å²) in [6.45, 7) is 10.9. The van der Waals surface area contributed by atoms with Crippen molar-refractivity contribution >= 4 is 14.0 Å². The van der Waals surface area contributed by atoms with Crippen LogP contribution in [-0.2, 0) is 14.0 Å². The maximum atomic E-state index is 6.19. The molecule has 0 spiro atoms. The SMILES string of the molecule is CCOC1(O[Si](C)(C)C)ON=C(c2ccccc2)CC1C. The summed E-state index contributed by atoms with van der Waals surface area (Å²) in [4.78, 5) is 5.74. The van der Waals surface area contributed by atoms with Crippen LogP contribution in [0.25, 0.3) is 0 Å². The Kier molecular flexibility index (Phi) is 4.86. The second-order valence-corrected chi connectivity index (χ2v) is 10.8. The minimum absolute atomic E-state index is 0.0804. The number of ether oxygens (including phenoxy) is 1. The lowest BCUT2D eigenvalue weighted by Crippen LogP contribution is -2.52. The van der Waals surface area contributed by atoms with Gasteiger partial charge in [0.15, 0.2) is 8.32 Å². The minimum atomic E-state index is -1.82. The molecule has 1 aliphatic rings. The average Bonchev–Trinajstić information content (AvgIpc) is 2.41. The fraction of sp³-hybridized carbons (Fsp3) is 0.562. The van der Waals surface area contributed by atoms with Crippen LogP contribution in [0.4, 0.5) is 0 Å². The number of rotatable bonds is 5. The van der Waals surface area contributed by atoms with Crippen LogP contribution in [0.1, 0.15) is 25.8 Å². The number of hydrogen-bond donors (Lipinski definition) is 0. The van der Waals surface area contributed by atoms with Crippen molar-refractivity contribution < 1.29 is 14.0 Å². The van der Waals surface area contributed by atoms with Crippen LogP contribution in [0.15, 0.2) is 35.5 Å². The highest BCUT2D eigenvalue weighted by Crippen LogP contribution is 2.36. The first-order valence-electron chi connectivity index (χ1n) is 7.51. The second-order valence-electron chi connectivity index (χ2n) is 6.35. The van der Waals surface area contributed by atoms with E-state index in [2.05, 4.69) is 31.7 Å². The summed E-state index contributed by atoms with van der Waals surface area (Å²) in [5.41, 5.74) is 2.03. The Morgan fingerprint density at radius 2 is 1.95 bits per heavy atom. The predicted molar refractivity (Wildman–Crippen MR) is 86.6 cm³/mol. The first-order valence-corrected chi connectivity index (χ1v) is 10.9. The molecule has 1 heterocycles. The van der Waals surface area contributed by atoms with Gasteiger partial charge in [-0.05, 0) is 32.1 Å². The summed E-state index contributed by atoms with van der Waals surface area (Å²) in [5, 5.41) is 4.30. The van der Waals surface area contributed by atoms with E-state index < -0.39 is 14.3 Å². The zero-order valence-electron chi connectivity index (χ0n) is 13.6. The summed E-state index contributed by atoms with van der Waals surface area (Å²) < 4.78 is 12.0. The van der Waals surface area contributed by atoms with Crippen molar-refractivity contribution in [1.82, 2.24) is 0 Å². The summed E-state index contributed by atoms with van der Waals surface area (Å²) >= 11 is 0. The fourth-order valence-corrected chi connectivity index (χ4v) is 3.56. The highest BCUT2D eigenvalue weighted by molar-refractivity contribution is 6.69. The van der Waals surface area contributed by atoms with Crippen LogP contribution in [0.5, 0.6) is 0 Å². The van der Waals surface area contributed by atoms with Gasteiger partial charge in [0.1, 0.15) is 0 Å². The van der Waals surface area contributed by atoms with E-state index in [4.69, 9.17) is 14.0 Å². The Balaban J connectivity index is 2.25. The molecule has 1 aliphatic heterocycles. The molecule has 0 saturated heterocycles. The monoisotopic (exact) mass is 307 g/mol. The minimum Gasteiger partial charge on any atom is -0.358 e. The lowest BCUT2D eigenvalue weighted by atomic mass is 9.96. The topological polar surface area (TPSA) is 40.0 Å². The zero-order valence-corrected chi connectivity index (χ0v) is 14.6. The highest BCUT2D eigenvalue weighted by atomic mass is 28.4. The van der Waals surface area contributed by atoms with Gasteiger partial charge in [-0.3, -0.25) is 0 Å². The quantitative estimate of drug-likeness (QED) is 0.610. The molecule has 5 heteroatoms. The van der Waals surface area contributed by atoms with Crippen molar-refractivity contribution in [3.63, 3.8) is 0 Å². The first-order chi connectivity index (χ1) is 9.86. The van der Waals surface area contributed by atoms with Crippen LogP contribution in [0.3, 0.4) is 0 Å². The molecule has 0 bridgehead atoms. The van der Waals surface area contributed by atoms with Gasteiger partial charge in [-0.2, -0.15) is 0 Å².